The van der Waals surface area contributed by atoms with Gasteiger partial charge in [-0.15, -0.1) is 0 Å². The minimum Gasteiger partial charge on any atom is -0.256 e. The van der Waals surface area contributed by atoms with Crippen LogP contribution >= 0.6 is 0 Å². The SMILES string of the molecule is CC(C)/C=C/c1c(C(C)C)nc2c(c1-c1ccc(F)cc1)Cc1ccccc1C2(C)C. The van der Waals surface area contributed by atoms with E-state index in [-0.39, 0.29) is 17.2 Å². The molecular formula is C29H32FN. The van der Waals surface area contributed by atoms with Crippen molar-refractivity contribution in [1.29, 1.82) is 0 Å². The standard InChI is InChI=1S/C29H32FN/c1-18(2)11-16-23-26(20-12-14-22(30)15-13-20)24-17-21-9-7-8-10-25(21)29(5,6)28(24)31-27(23)19(3)4/h7-16,18-19H,17H2,1-6H3/b16-11+. The van der Waals surface area contributed by atoms with E-state index in [9.17, 15) is 4.39 Å². The van der Waals surface area contributed by atoms with Crippen molar-refractivity contribution in [3.8, 4) is 11.1 Å². The molecule has 4 rings (SSSR count). The lowest BCUT2D eigenvalue weighted by Gasteiger charge is -2.37. The number of allylic oxidation sites excluding steroid dienone is 1. The molecule has 0 amide bonds. The molecule has 2 heteroatoms. The van der Waals surface area contributed by atoms with Gasteiger partial charge in [-0.2, -0.15) is 0 Å². The van der Waals surface area contributed by atoms with E-state index in [0.717, 1.165) is 23.4 Å². The molecule has 0 radical (unpaired) electrons. The van der Waals surface area contributed by atoms with Crippen LogP contribution in [0.5, 0.6) is 0 Å². The van der Waals surface area contributed by atoms with Gasteiger partial charge in [0.1, 0.15) is 5.82 Å². The maximum Gasteiger partial charge on any atom is 0.123 e. The van der Waals surface area contributed by atoms with Gasteiger partial charge in [0, 0.05) is 17.4 Å². The van der Waals surface area contributed by atoms with Crippen LogP contribution in [0.1, 0.15) is 81.1 Å². The predicted octanol–water partition coefficient (Wildman–Crippen LogP) is 7.91. The fourth-order valence-corrected chi connectivity index (χ4v) is 4.79. The van der Waals surface area contributed by atoms with Gasteiger partial charge in [0.05, 0.1) is 11.4 Å². The number of nitrogens with zero attached hydrogens (tertiary/aromatic N) is 1. The second kappa shape index (κ2) is 8.07. The summed E-state index contributed by atoms with van der Waals surface area (Å²) in [4.78, 5) is 5.32. The molecule has 0 saturated heterocycles. The molecule has 1 aliphatic carbocycles. The molecule has 0 spiro atoms. The van der Waals surface area contributed by atoms with Crippen LogP contribution in [0.4, 0.5) is 4.39 Å². The normalized spacial score (nSPS) is 14.9. The molecule has 0 unspecified atom stereocenters. The Hall–Kier alpha value is -2.74. The third kappa shape index (κ3) is 3.84. The minimum atomic E-state index is -0.208. The molecule has 0 aliphatic heterocycles. The topological polar surface area (TPSA) is 12.9 Å². The van der Waals surface area contributed by atoms with Gasteiger partial charge in [0.25, 0.3) is 0 Å². The van der Waals surface area contributed by atoms with Crippen LogP contribution in [0.15, 0.2) is 54.6 Å². The van der Waals surface area contributed by atoms with Gasteiger partial charge in [0.15, 0.2) is 0 Å². The van der Waals surface area contributed by atoms with Crippen molar-refractivity contribution < 1.29 is 4.39 Å². The fourth-order valence-electron chi connectivity index (χ4n) is 4.79. The number of halogens is 1. The van der Waals surface area contributed by atoms with Gasteiger partial charge < -0.3 is 0 Å². The highest BCUT2D eigenvalue weighted by Gasteiger charge is 2.36. The highest BCUT2D eigenvalue weighted by atomic mass is 19.1. The Morgan fingerprint density at radius 1 is 0.968 bits per heavy atom. The van der Waals surface area contributed by atoms with Crippen molar-refractivity contribution in [2.75, 3.05) is 0 Å². The molecule has 1 nitrogen and oxygen atoms in total. The molecule has 0 bridgehead atoms. The lowest BCUT2D eigenvalue weighted by atomic mass is 9.69. The van der Waals surface area contributed by atoms with Gasteiger partial charge in [0.2, 0.25) is 0 Å². The fraction of sp³-hybridized carbons (Fsp3) is 0.345. The van der Waals surface area contributed by atoms with Crippen molar-refractivity contribution in [2.24, 2.45) is 5.92 Å². The zero-order valence-corrected chi connectivity index (χ0v) is 19.5. The summed E-state index contributed by atoms with van der Waals surface area (Å²) in [5.41, 5.74) is 9.46. The van der Waals surface area contributed by atoms with Gasteiger partial charge in [-0.25, -0.2) is 4.39 Å². The molecule has 2 aromatic carbocycles. The van der Waals surface area contributed by atoms with E-state index in [1.54, 1.807) is 12.1 Å². The largest absolute Gasteiger partial charge is 0.256 e. The van der Waals surface area contributed by atoms with Crippen LogP contribution in [0.2, 0.25) is 0 Å². The van der Waals surface area contributed by atoms with Gasteiger partial charge in [-0.1, -0.05) is 90.1 Å². The van der Waals surface area contributed by atoms with E-state index >= 15 is 0 Å². The zero-order chi connectivity index (χ0) is 22.3. The summed E-state index contributed by atoms with van der Waals surface area (Å²) in [5.74, 6) is 0.513. The number of benzene rings is 2. The first-order valence-electron chi connectivity index (χ1n) is 11.3. The van der Waals surface area contributed by atoms with E-state index in [4.69, 9.17) is 4.98 Å². The highest BCUT2D eigenvalue weighted by molar-refractivity contribution is 5.82. The number of hydrogen-bond acceptors (Lipinski definition) is 1. The molecular weight excluding hydrogens is 381 g/mol. The van der Waals surface area contributed by atoms with Crippen molar-refractivity contribution in [3.05, 3.63) is 94.1 Å². The number of pyridine rings is 1. The molecule has 0 N–H and O–H groups in total. The highest BCUT2D eigenvalue weighted by Crippen LogP contribution is 2.46. The lowest BCUT2D eigenvalue weighted by molar-refractivity contribution is 0.579. The Balaban J connectivity index is 2.10. The summed E-state index contributed by atoms with van der Waals surface area (Å²) in [6.07, 6.45) is 5.32. The summed E-state index contributed by atoms with van der Waals surface area (Å²) >= 11 is 0. The Kier molecular flexibility index (Phi) is 5.60. The Morgan fingerprint density at radius 2 is 1.65 bits per heavy atom. The summed E-state index contributed by atoms with van der Waals surface area (Å²) < 4.78 is 13.8. The first kappa shape index (κ1) is 21.5. The Bertz CT molecular complexity index is 1130. The average molecular weight is 414 g/mol. The smallest absolute Gasteiger partial charge is 0.123 e. The first-order chi connectivity index (χ1) is 14.7. The molecule has 1 heterocycles. The van der Waals surface area contributed by atoms with Crippen molar-refractivity contribution >= 4 is 6.08 Å². The maximum absolute atomic E-state index is 13.8. The maximum atomic E-state index is 13.8. The molecule has 3 aromatic rings. The number of fused-ring (bicyclic) bond motifs is 2. The molecule has 1 aromatic heterocycles. The molecule has 0 saturated carbocycles. The quantitative estimate of drug-likeness (QED) is 0.423. The third-order valence-electron chi connectivity index (χ3n) is 6.34. The van der Waals surface area contributed by atoms with Crippen molar-refractivity contribution in [3.63, 3.8) is 0 Å². The van der Waals surface area contributed by atoms with E-state index in [1.165, 1.54) is 27.8 Å². The Morgan fingerprint density at radius 3 is 2.29 bits per heavy atom. The van der Waals surface area contributed by atoms with E-state index in [1.807, 2.05) is 12.1 Å². The van der Waals surface area contributed by atoms with Gasteiger partial charge >= 0.3 is 0 Å². The van der Waals surface area contributed by atoms with Crippen LogP contribution in [0.3, 0.4) is 0 Å². The first-order valence-corrected chi connectivity index (χ1v) is 11.3. The van der Waals surface area contributed by atoms with Crippen LogP contribution in [0, 0.1) is 11.7 Å². The summed E-state index contributed by atoms with van der Waals surface area (Å²) in [6, 6.07) is 15.7. The summed E-state index contributed by atoms with van der Waals surface area (Å²) in [7, 11) is 0. The number of aromatic nitrogens is 1. The number of rotatable bonds is 4. The minimum absolute atomic E-state index is 0.192. The van der Waals surface area contributed by atoms with Gasteiger partial charge in [-0.3, -0.25) is 4.98 Å². The monoisotopic (exact) mass is 413 g/mol. The van der Waals surface area contributed by atoms with Crippen LogP contribution < -0.4 is 0 Å². The zero-order valence-electron chi connectivity index (χ0n) is 19.5. The molecule has 160 valence electrons. The molecule has 31 heavy (non-hydrogen) atoms. The number of hydrogen-bond donors (Lipinski definition) is 0. The van der Waals surface area contributed by atoms with Crippen LogP contribution in [-0.4, -0.2) is 4.98 Å². The van der Waals surface area contributed by atoms with E-state index in [2.05, 4.69) is 78.0 Å². The lowest BCUT2D eigenvalue weighted by Crippen LogP contribution is -2.30. The van der Waals surface area contributed by atoms with Crippen LogP contribution in [-0.2, 0) is 11.8 Å². The second-order valence-corrected chi connectivity index (χ2v) is 9.84. The van der Waals surface area contributed by atoms with Gasteiger partial charge in [-0.05, 0) is 51.8 Å². The summed E-state index contributed by atoms with van der Waals surface area (Å²) in [5, 5.41) is 0. The van der Waals surface area contributed by atoms with Crippen molar-refractivity contribution in [1.82, 2.24) is 4.98 Å². The predicted molar refractivity (Wildman–Crippen MR) is 129 cm³/mol. The third-order valence-corrected chi connectivity index (χ3v) is 6.34. The van der Waals surface area contributed by atoms with Crippen molar-refractivity contribution in [2.45, 2.75) is 59.3 Å². The Labute approximate surface area is 186 Å². The second-order valence-electron chi connectivity index (χ2n) is 9.84. The van der Waals surface area contributed by atoms with E-state index in [0.29, 0.717) is 5.92 Å². The molecule has 0 fully saturated rings. The van der Waals surface area contributed by atoms with E-state index < -0.39 is 0 Å². The van der Waals surface area contributed by atoms with Crippen LogP contribution in [0.25, 0.3) is 17.2 Å². The average Bonchev–Trinajstić information content (AvgIpc) is 2.72. The molecule has 1 aliphatic rings. The summed E-state index contributed by atoms with van der Waals surface area (Å²) in [6.45, 7) is 13.3. The molecule has 0 atom stereocenters.